The Morgan fingerprint density at radius 3 is 2.12 bits per heavy atom. The van der Waals surface area contributed by atoms with Crippen LogP contribution in [0.15, 0.2) is 77.4 Å². The largest absolute Gasteiger partial charge is 0.456 e. The molecule has 0 bridgehead atoms. The summed E-state index contributed by atoms with van der Waals surface area (Å²) in [7, 11) is 2.42. The van der Waals surface area contributed by atoms with Crippen molar-refractivity contribution in [1.82, 2.24) is 10.6 Å². The summed E-state index contributed by atoms with van der Waals surface area (Å²) in [6.07, 6.45) is 15.3. The van der Waals surface area contributed by atoms with Gasteiger partial charge in [0.15, 0.2) is 0 Å². The first-order valence-electron chi connectivity index (χ1n) is 13.9. The van der Waals surface area contributed by atoms with E-state index < -0.39 is 6.10 Å². The minimum atomic E-state index is -0.420. The van der Waals surface area contributed by atoms with E-state index in [1.165, 1.54) is 12.5 Å². The third kappa shape index (κ3) is 22.2. The number of benzene rings is 1. The fourth-order valence-corrected chi connectivity index (χ4v) is 3.26. The van der Waals surface area contributed by atoms with Crippen LogP contribution in [0.1, 0.15) is 84.8 Å². The Kier molecular flexibility index (Phi) is 27.5. The average molecular weight is 593 g/mol. The lowest BCUT2D eigenvalue weighted by atomic mass is 10.1. The molecule has 0 saturated heterocycles. The van der Waals surface area contributed by atoms with Gasteiger partial charge in [-0.15, -0.1) is 9.24 Å². The van der Waals surface area contributed by atoms with Crippen molar-refractivity contribution in [2.45, 2.75) is 79.2 Å². The van der Waals surface area contributed by atoms with Crippen molar-refractivity contribution >= 4 is 38.6 Å². The van der Waals surface area contributed by atoms with Gasteiger partial charge in [-0.1, -0.05) is 98.4 Å². The van der Waals surface area contributed by atoms with Gasteiger partial charge in [0.05, 0.1) is 6.54 Å². The van der Waals surface area contributed by atoms with Crippen molar-refractivity contribution in [3.05, 3.63) is 83.0 Å². The van der Waals surface area contributed by atoms with Crippen LogP contribution in [0.25, 0.3) is 0 Å². The van der Waals surface area contributed by atoms with Crippen LogP contribution in [0.4, 0.5) is 0 Å². The van der Waals surface area contributed by atoms with E-state index in [9.17, 15) is 14.4 Å². The molecule has 0 aromatic heterocycles. The van der Waals surface area contributed by atoms with E-state index >= 15 is 0 Å². The van der Waals surface area contributed by atoms with Crippen LogP contribution in [-0.4, -0.2) is 37.5 Å². The highest BCUT2D eigenvalue weighted by molar-refractivity contribution is 7.15. The Labute approximate surface area is 250 Å². The Hall–Kier alpha value is -2.69. The molecule has 0 saturated carbocycles. The number of esters is 1. The molecule has 3 rings (SSSR count). The van der Waals surface area contributed by atoms with E-state index in [4.69, 9.17) is 16.3 Å². The van der Waals surface area contributed by atoms with Gasteiger partial charge in [0, 0.05) is 31.3 Å². The molecule has 1 aromatic rings. The average Bonchev–Trinajstić information content (AvgIpc) is 2.99. The molecule has 224 valence electrons. The van der Waals surface area contributed by atoms with Crippen LogP contribution in [-0.2, 0) is 19.1 Å². The number of carbonyl (C=O) groups excluding carboxylic acids is 3. The van der Waals surface area contributed by atoms with Gasteiger partial charge in [-0.05, 0) is 51.2 Å². The predicted molar refractivity (Wildman–Crippen MR) is 173 cm³/mol. The summed E-state index contributed by atoms with van der Waals surface area (Å²) in [5.41, 5.74) is 2.13. The molecule has 40 heavy (non-hydrogen) atoms. The quantitative estimate of drug-likeness (QED) is 0.215. The zero-order valence-corrected chi connectivity index (χ0v) is 27.1. The first kappa shape index (κ1) is 39.5. The van der Waals surface area contributed by atoms with Gasteiger partial charge in [0.2, 0.25) is 11.8 Å². The zero-order valence-electron chi connectivity index (χ0n) is 25.2. The normalized spacial score (nSPS) is 17.6. The molecular formula is C32H50ClN2O4P. The zero-order chi connectivity index (χ0) is 30.6. The molecule has 2 atom stereocenters. The summed E-state index contributed by atoms with van der Waals surface area (Å²) in [5, 5.41) is 6.46. The molecule has 2 unspecified atom stereocenters. The van der Waals surface area contributed by atoms with Crippen LogP contribution in [0.3, 0.4) is 0 Å². The van der Waals surface area contributed by atoms with Crippen LogP contribution < -0.4 is 10.6 Å². The summed E-state index contributed by atoms with van der Waals surface area (Å²) < 4.78 is 5.47. The maximum Gasteiger partial charge on any atom is 0.306 e. The van der Waals surface area contributed by atoms with Crippen LogP contribution in [0.2, 0.25) is 0 Å². The topological polar surface area (TPSA) is 84.5 Å². The first-order valence-corrected chi connectivity index (χ1v) is 15.5. The van der Waals surface area contributed by atoms with E-state index in [1.807, 2.05) is 101 Å². The monoisotopic (exact) mass is 592 g/mol. The van der Waals surface area contributed by atoms with Crippen molar-refractivity contribution in [2.75, 3.05) is 19.8 Å². The summed E-state index contributed by atoms with van der Waals surface area (Å²) in [4.78, 5) is 34.0. The standard InChI is InChI=1S/C16H19NO3.C9H12ClNO.C4H8.C2H6.CH5P/c18-15-10-6-1-2-7-11-16(19)20-14(12-17-15)13-8-4-3-5-9-13;1-7(12)11-6-8-2-4-9(10)5-3-8;1-3-4-2;2*1-2/h1-5,8-9,14H,6-7,10-12H2,(H,17,18);2,4H,3,5-6H2,1H3,(H,11,12);3-4H,1-2H3;1-2H3;2H2,1H3/b2-1+;;4-3-;;. The van der Waals surface area contributed by atoms with E-state index in [1.54, 1.807) is 0 Å². The minimum Gasteiger partial charge on any atom is -0.456 e. The Morgan fingerprint density at radius 2 is 1.60 bits per heavy atom. The molecule has 6 nitrogen and oxygen atoms in total. The number of allylic oxidation sites excluding steroid dienone is 7. The van der Waals surface area contributed by atoms with Crippen molar-refractivity contribution < 1.29 is 19.1 Å². The summed E-state index contributed by atoms with van der Waals surface area (Å²) >= 11 is 5.77. The highest BCUT2D eigenvalue weighted by Gasteiger charge is 2.17. The second-order valence-electron chi connectivity index (χ2n) is 8.26. The number of halogens is 1. The molecule has 1 aliphatic carbocycles. The van der Waals surface area contributed by atoms with E-state index in [0.717, 1.165) is 23.4 Å². The van der Waals surface area contributed by atoms with Crippen molar-refractivity contribution in [2.24, 2.45) is 0 Å². The van der Waals surface area contributed by atoms with E-state index in [-0.39, 0.29) is 17.8 Å². The second-order valence-corrected chi connectivity index (χ2v) is 8.74. The third-order valence-corrected chi connectivity index (χ3v) is 5.55. The van der Waals surface area contributed by atoms with Crippen LogP contribution >= 0.6 is 20.8 Å². The lowest BCUT2D eigenvalue weighted by Crippen LogP contribution is -2.30. The molecular weight excluding hydrogens is 543 g/mol. The predicted octanol–water partition coefficient (Wildman–Crippen LogP) is 7.58. The minimum absolute atomic E-state index is 0.0107. The highest BCUT2D eigenvalue weighted by Crippen LogP contribution is 2.20. The third-order valence-electron chi connectivity index (χ3n) is 5.23. The van der Waals surface area contributed by atoms with Crippen molar-refractivity contribution in [3.8, 4) is 0 Å². The van der Waals surface area contributed by atoms with Gasteiger partial charge in [0.1, 0.15) is 6.10 Å². The fraction of sp³-hybridized carbons (Fsp3) is 0.469. The lowest BCUT2D eigenvalue weighted by Gasteiger charge is -2.19. The summed E-state index contributed by atoms with van der Waals surface area (Å²) in [6.45, 7) is 12.4. The number of hydrogen-bond donors (Lipinski definition) is 2. The van der Waals surface area contributed by atoms with Crippen LogP contribution in [0.5, 0.6) is 0 Å². The molecule has 2 N–H and O–H groups in total. The smallest absolute Gasteiger partial charge is 0.306 e. The molecule has 2 amide bonds. The molecule has 1 aromatic carbocycles. The maximum atomic E-state index is 11.8. The molecule has 8 heteroatoms. The molecule has 0 radical (unpaired) electrons. The van der Waals surface area contributed by atoms with Gasteiger partial charge < -0.3 is 15.4 Å². The molecule has 0 fully saturated rings. The SMILES string of the molecule is C/C=C\C.CC.CC(=O)NCC1=CC=C(Cl)CC1.CP.O=C1CC/C=C/CCC(=O)OC(c2ccccc2)CN1. The Bertz CT molecular complexity index is 939. The number of carbonyl (C=O) groups is 3. The Morgan fingerprint density at radius 1 is 1.00 bits per heavy atom. The molecule has 2 aliphatic rings. The molecule has 1 heterocycles. The fourth-order valence-electron chi connectivity index (χ4n) is 3.10. The Balaban J connectivity index is 0. The van der Waals surface area contributed by atoms with Crippen LogP contribution in [0, 0.1) is 0 Å². The van der Waals surface area contributed by atoms with E-state index in [2.05, 4.69) is 19.9 Å². The number of rotatable bonds is 3. The number of hydrogen-bond acceptors (Lipinski definition) is 4. The van der Waals surface area contributed by atoms with Gasteiger partial charge in [-0.3, -0.25) is 14.4 Å². The number of ether oxygens (including phenoxy) is 1. The highest BCUT2D eigenvalue weighted by atomic mass is 35.5. The molecule has 0 spiro atoms. The summed E-state index contributed by atoms with van der Waals surface area (Å²) in [5.74, 6) is -0.248. The van der Waals surface area contributed by atoms with Gasteiger partial charge in [-0.2, -0.15) is 0 Å². The van der Waals surface area contributed by atoms with Gasteiger partial charge in [0.25, 0.3) is 0 Å². The molecule has 1 aliphatic heterocycles. The maximum absolute atomic E-state index is 11.8. The number of cyclic esters (lactones) is 1. The van der Waals surface area contributed by atoms with E-state index in [0.29, 0.717) is 38.8 Å². The van der Waals surface area contributed by atoms with Gasteiger partial charge in [-0.25, -0.2) is 0 Å². The van der Waals surface area contributed by atoms with Crippen molar-refractivity contribution in [1.29, 1.82) is 0 Å². The second kappa shape index (κ2) is 27.9. The number of nitrogens with one attached hydrogen (secondary N) is 2. The summed E-state index contributed by atoms with van der Waals surface area (Å²) in [6, 6.07) is 9.49. The van der Waals surface area contributed by atoms with Crippen molar-refractivity contribution in [3.63, 3.8) is 0 Å². The number of amides is 2. The lowest BCUT2D eigenvalue weighted by molar-refractivity contribution is -0.149. The first-order chi connectivity index (χ1) is 19.3. The van der Waals surface area contributed by atoms with Gasteiger partial charge >= 0.3 is 5.97 Å².